The molecule has 0 saturated heterocycles. The van der Waals surface area contributed by atoms with Crippen molar-refractivity contribution in [1.29, 1.82) is 0 Å². The molecule has 2 heterocycles. The van der Waals surface area contributed by atoms with E-state index in [1.54, 1.807) is 13.0 Å². The van der Waals surface area contributed by atoms with Crippen LogP contribution in [0.1, 0.15) is 23.1 Å². The summed E-state index contributed by atoms with van der Waals surface area (Å²) < 4.78 is 1.82. The molecule has 13 heavy (non-hydrogen) atoms. The first-order chi connectivity index (χ1) is 6.18. The number of nitrogens with zero attached hydrogens (tertiary/aromatic N) is 2. The lowest BCUT2D eigenvalue weighted by atomic mass is 10.3. The molecule has 0 aliphatic carbocycles. The highest BCUT2D eigenvalue weighted by atomic mass is 16.1. The molecule has 0 aromatic carbocycles. The Morgan fingerprint density at radius 1 is 1.46 bits per heavy atom. The van der Waals surface area contributed by atoms with E-state index in [0.29, 0.717) is 5.69 Å². The normalized spacial score (nSPS) is 10.6. The van der Waals surface area contributed by atoms with Crippen molar-refractivity contribution < 1.29 is 4.79 Å². The van der Waals surface area contributed by atoms with Gasteiger partial charge in [-0.1, -0.05) is 6.07 Å². The molecule has 2 aromatic rings. The van der Waals surface area contributed by atoms with Crippen LogP contribution >= 0.6 is 0 Å². The van der Waals surface area contributed by atoms with Crippen LogP contribution in [0, 0.1) is 6.92 Å². The van der Waals surface area contributed by atoms with Crippen LogP contribution in [0.25, 0.3) is 5.65 Å². The number of hydrogen-bond donors (Lipinski definition) is 0. The number of aromatic nitrogens is 2. The zero-order chi connectivity index (χ0) is 9.42. The predicted molar refractivity (Wildman–Crippen MR) is 49.9 cm³/mol. The number of carbonyl (C=O) groups excluding carboxylic acids is 1. The van der Waals surface area contributed by atoms with Gasteiger partial charge in [-0.2, -0.15) is 0 Å². The van der Waals surface area contributed by atoms with Crippen molar-refractivity contribution in [3.63, 3.8) is 0 Å². The minimum atomic E-state index is 0.0583. The fraction of sp³-hybridized carbons (Fsp3) is 0.200. The summed E-state index contributed by atoms with van der Waals surface area (Å²) in [5, 5.41) is 0. The molecule has 0 spiro atoms. The molecule has 0 atom stereocenters. The quantitative estimate of drug-likeness (QED) is 0.618. The van der Waals surface area contributed by atoms with Gasteiger partial charge in [0.05, 0.1) is 11.4 Å². The molecule has 2 aromatic heterocycles. The van der Waals surface area contributed by atoms with Crippen LogP contribution in [0.4, 0.5) is 0 Å². The van der Waals surface area contributed by atoms with Crippen molar-refractivity contribution in [2.45, 2.75) is 13.8 Å². The Hall–Kier alpha value is -1.64. The smallest absolute Gasteiger partial charge is 0.176 e. The topological polar surface area (TPSA) is 34.4 Å². The van der Waals surface area contributed by atoms with Gasteiger partial charge in [0.25, 0.3) is 0 Å². The average Bonchev–Trinajstić information content (AvgIpc) is 2.43. The average molecular weight is 174 g/mol. The van der Waals surface area contributed by atoms with Crippen LogP contribution in [0.3, 0.4) is 0 Å². The van der Waals surface area contributed by atoms with E-state index >= 15 is 0 Å². The monoisotopic (exact) mass is 174 g/mol. The number of pyridine rings is 1. The molecule has 0 fully saturated rings. The number of fused-ring (bicyclic) bond motifs is 1. The standard InChI is InChI=1S/C10H10N2O/c1-7-6-12-9(8(2)13)4-3-5-10(12)11-7/h3-6H,1-2H3. The largest absolute Gasteiger partial charge is 0.296 e. The van der Waals surface area contributed by atoms with E-state index in [-0.39, 0.29) is 5.78 Å². The Morgan fingerprint density at radius 3 is 2.92 bits per heavy atom. The van der Waals surface area contributed by atoms with Crippen molar-refractivity contribution in [2.24, 2.45) is 0 Å². The minimum Gasteiger partial charge on any atom is -0.296 e. The summed E-state index contributed by atoms with van der Waals surface area (Å²) in [6.45, 7) is 3.47. The van der Waals surface area contributed by atoms with Crippen LogP contribution in [-0.4, -0.2) is 15.2 Å². The number of hydrogen-bond acceptors (Lipinski definition) is 2. The van der Waals surface area contributed by atoms with Gasteiger partial charge in [-0.25, -0.2) is 4.98 Å². The van der Waals surface area contributed by atoms with Gasteiger partial charge < -0.3 is 0 Å². The Morgan fingerprint density at radius 2 is 2.23 bits per heavy atom. The van der Waals surface area contributed by atoms with Gasteiger partial charge >= 0.3 is 0 Å². The molecule has 2 rings (SSSR count). The van der Waals surface area contributed by atoms with E-state index in [2.05, 4.69) is 4.98 Å². The molecule has 0 aliphatic rings. The molecular formula is C10H10N2O. The minimum absolute atomic E-state index is 0.0583. The molecule has 66 valence electrons. The third-order valence-corrected chi connectivity index (χ3v) is 1.97. The second-order valence-corrected chi connectivity index (χ2v) is 3.08. The molecule has 3 heteroatoms. The molecule has 0 bridgehead atoms. The molecule has 0 amide bonds. The lowest BCUT2D eigenvalue weighted by molar-refractivity contribution is 0.101. The Balaban J connectivity index is 2.82. The van der Waals surface area contributed by atoms with Crippen LogP contribution in [0.5, 0.6) is 0 Å². The highest BCUT2D eigenvalue weighted by Gasteiger charge is 2.05. The summed E-state index contributed by atoms with van der Waals surface area (Å²) in [4.78, 5) is 15.5. The van der Waals surface area contributed by atoms with Crippen molar-refractivity contribution in [3.05, 3.63) is 35.8 Å². The van der Waals surface area contributed by atoms with E-state index in [9.17, 15) is 4.79 Å². The summed E-state index contributed by atoms with van der Waals surface area (Å²) in [6, 6.07) is 5.54. The SMILES string of the molecule is CC(=O)c1cccc2nc(C)cn12. The lowest BCUT2D eigenvalue weighted by Crippen LogP contribution is -2.00. The van der Waals surface area contributed by atoms with Crippen molar-refractivity contribution in [2.75, 3.05) is 0 Å². The van der Waals surface area contributed by atoms with Gasteiger partial charge in [0.1, 0.15) is 5.65 Å². The first-order valence-electron chi connectivity index (χ1n) is 4.14. The zero-order valence-electron chi connectivity index (χ0n) is 7.61. The number of rotatable bonds is 1. The van der Waals surface area contributed by atoms with E-state index < -0.39 is 0 Å². The maximum absolute atomic E-state index is 11.2. The summed E-state index contributed by atoms with van der Waals surface area (Å²) in [5.74, 6) is 0.0583. The van der Waals surface area contributed by atoms with Gasteiger partial charge in [-0.15, -0.1) is 0 Å². The molecule has 0 radical (unpaired) electrons. The second-order valence-electron chi connectivity index (χ2n) is 3.08. The van der Waals surface area contributed by atoms with Crippen molar-refractivity contribution in [1.82, 2.24) is 9.38 Å². The maximum Gasteiger partial charge on any atom is 0.176 e. The number of Topliss-reactive ketones (excluding diaryl/α,β-unsaturated/α-hetero) is 1. The Bertz CT molecular complexity index is 471. The number of imidazole rings is 1. The molecule has 0 aliphatic heterocycles. The van der Waals surface area contributed by atoms with Crippen molar-refractivity contribution >= 4 is 11.4 Å². The molecule has 0 saturated carbocycles. The van der Waals surface area contributed by atoms with Gasteiger partial charge in [0.2, 0.25) is 0 Å². The van der Waals surface area contributed by atoms with Crippen LogP contribution in [-0.2, 0) is 0 Å². The summed E-state index contributed by atoms with van der Waals surface area (Å²) in [6.07, 6.45) is 1.87. The number of carbonyl (C=O) groups is 1. The summed E-state index contributed by atoms with van der Waals surface area (Å²) in [5.41, 5.74) is 2.43. The predicted octanol–water partition coefficient (Wildman–Crippen LogP) is 1.85. The van der Waals surface area contributed by atoms with Crippen LogP contribution in [0.15, 0.2) is 24.4 Å². The van der Waals surface area contributed by atoms with Crippen LogP contribution in [0.2, 0.25) is 0 Å². The van der Waals surface area contributed by atoms with Gasteiger partial charge in [0.15, 0.2) is 5.78 Å². The van der Waals surface area contributed by atoms with Gasteiger partial charge in [-0.3, -0.25) is 9.20 Å². The lowest BCUT2D eigenvalue weighted by Gasteiger charge is -1.99. The van der Waals surface area contributed by atoms with Crippen LogP contribution < -0.4 is 0 Å². The highest BCUT2D eigenvalue weighted by molar-refractivity contribution is 5.93. The Kier molecular flexibility index (Phi) is 1.65. The van der Waals surface area contributed by atoms with E-state index in [1.165, 1.54) is 0 Å². The zero-order valence-corrected chi connectivity index (χ0v) is 7.61. The second kappa shape index (κ2) is 2.69. The van der Waals surface area contributed by atoms with Crippen molar-refractivity contribution in [3.8, 4) is 0 Å². The first-order valence-corrected chi connectivity index (χ1v) is 4.14. The molecule has 3 nitrogen and oxygen atoms in total. The molecule has 0 unspecified atom stereocenters. The third kappa shape index (κ3) is 1.22. The molecule has 0 N–H and O–H groups in total. The summed E-state index contributed by atoms with van der Waals surface area (Å²) >= 11 is 0. The summed E-state index contributed by atoms with van der Waals surface area (Å²) in [7, 11) is 0. The van der Waals surface area contributed by atoms with E-state index in [0.717, 1.165) is 11.3 Å². The number of aryl methyl sites for hydroxylation is 1. The Labute approximate surface area is 76.0 Å². The van der Waals surface area contributed by atoms with Gasteiger partial charge in [0, 0.05) is 13.1 Å². The first kappa shape index (κ1) is 7.98. The highest BCUT2D eigenvalue weighted by Crippen LogP contribution is 2.08. The van der Waals surface area contributed by atoms with E-state index in [4.69, 9.17) is 0 Å². The third-order valence-electron chi connectivity index (χ3n) is 1.97. The maximum atomic E-state index is 11.2. The number of ketones is 1. The van der Waals surface area contributed by atoms with E-state index in [1.807, 2.05) is 29.7 Å². The van der Waals surface area contributed by atoms with Gasteiger partial charge in [-0.05, 0) is 19.1 Å². The fourth-order valence-electron chi connectivity index (χ4n) is 1.42. The molecular weight excluding hydrogens is 164 g/mol. The fourth-order valence-corrected chi connectivity index (χ4v) is 1.42.